The van der Waals surface area contributed by atoms with Crippen LogP contribution in [0.25, 0.3) is 11.8 Å². The summed E-state index contributed by atoms with van der Waals surface area (Å²) in [6, 6.07) is 18.8. The molecule has 2 aromatic carbocycles. The highest BCUT2D eigenvalue weighted by Crippen LogP contribution is 2.45. The molecule has 0 saturated heterocycles. The molecular formula is C25H24FN3O. The Morgan fingerprint density at radius 3 is 2.60 bits per heavy atom. The van der Waals surface area contributed by atoms with Crippen molar-refractivity contribution < 1.29 is 9.13 Å². The Hall–Kier alpha value is -3.23. The number of nitrogens with zero attached hydrogens (tertiary/aromatic N) is 3. The van der Waals surface area contributed by atoms with Gasteiger partial charge in [-0.3, -0.25) is 0 Å². The molecule has 0 N–H and O–H groups in total. The molecule has 4 nitrogen and oxygen atoms in total. The number of halogens is 1. The molecule has 0 spiro atoms. The number of hydrogen-bond donors (Lipinski definition) is 0. The zero-order valence-electron chi connectivity index (χ0n) is 17.2. The SMILES string of the molecule is CCOC(CC1(C)Cc2cnn(-c3ccc(F)cc3)c2C=C1C#N)c1ccccc1. The number of allylic oxidation sites excluding steroid dienone is 1. The van der Waals surface area contributed by atoms with Gasteiger partial charge >= 0.3 is 0 Å². The van der Waals surface area contributed by atoms with Gasteiger partial charge in [-0.15, -0.1) is 0 Å². The van der Waals surface area contributed by atoms with E-state index in [2.05, 4.69) is 30.2 Å². The van der Waals surface area contributed by atoms with Crippen molar-refractivity contribution in [2.75, 3.05) is 6.61 Å². The van der Waals surface area contributed by atoms with Gasteiger partial charge < -0.3 is 4.74 Å². The number of nitriles is 1. The maximum atomic E-state index is 13.3. The van der Waals surface area contributed by atoms with Crippen molar-refractivity contribution in [2.24, 2.45) is 5.41 Å². The number of fused-ring (bicyclic) bond motifs is 1. The van der Waals surface area contributed by atoms with Gasteiger partial charge in [-0.05, 0) is 61.2 Å². The molecule has 5 heteroatoms. The number of benzene rings is 2. The minimum Gasteiger partial charge on any atom is -0.374 e. The van der Waals surface area contributed by atoms with Gasteiger partial charge in [-0.25, -0.2) is 9.07 Å². The normalized spacial score (nSPS) is 18.9. The minimum atomic E-state index is -0.367. The molecule has 2 unspecified atom stereocenters. The van der Waals surface area contributed by atoms with E-state index in [1.807, 2.05) is 37.4 Å². The maximum absolute atomic E-state index is 13.3. The lowest BCUT2D eigenvalue weighted by Crippen LogP contribution is -2.28. The molecule has 1 aliphatic carbocycles. The third kappa shape index (κ3) is 3.79. The number of ether oxygens (including phenoxy) is 1. The van der Waals surface area contributed by atoms with Gasteiger partial charge in [0.25, 0.3) is 0 Å². The highest BCUT2D eigenvalue weighted by molar-refractivity contribution is 5.64. The average Bonchev–Trinajstić information content (AvgIpc) is 3.16. The lowest BCUT2D eigenvalue weighted by molar-refractivity contribution is 0.0331. The van der Waals surface area contributed by atoms with Crippen LogP contribution in [-0.4, -0.2) is 16.4 Å². The second kappa shape index (κ2) is 8.25. The fraction of sp³-hybridized carbons (Fsp3) is 0.280. The van der Waals surface area contributed by atoms with Crippen LogP contribution >= 0.6 is 0 Å². The third-order valence-corrected chi connectivity index (χ3v) is 5.76. The Kier molecular flexibility index (Phi) is 5.52. The number of aromatic nitrogens is 2. The van der Waals surface area contributed by atoms with E-state index in [4.69, 9.17) is 4.74 Å². The van der Waals surface area contributed by atoms with Crippen LogP contribution in [0.1, 0.15) is 43.2 Å². The molecule has 0 bridgehead atoms. The summed E-state index contributed by atoms with van der Waals surface area (Å²) >= 11 is 0. The van der Waals surface area contributed by atoms with E-state index < -0.39 is 0 Å². The summed E-state index contributed by atoms with van der Waals surface area (Å²) in [4.78, 5) is 0. The zero-order valence-corrected chi connectivity index (χ0v) is 17.2. The largest absolute Gasteiger partial charge is 0.374 e. The number of rotatable bonds is 6. The van der Waals surface area contributed by atoms with Crippen LogP contribution in [0, 0.1) is 22.6 Å². The summed E-state index contributed by atoms with van der Waals surface area (Å²) < 4.78 is 21.1. The van der Waals surface area contributed by atoms with Crippen LogP contribution in [0.4, 0.5) is 4.39 Å². The smallest absolute Gasteiger partial charge is 0.123 e. The van der Waals surface area contributed by atoms with Gasteiger partial charge in [0.1, 0.15) is 5.82 Å². The van der Waals surface area contributed by atoms with Crippen molar-refractivity contribution in [3.63, 3.8) is 0 Å². The van der Waals surface area contributed by atoms with Gasteiger partial charge in [0.2, 0.25) is 0 Å². The second-order valence-corrected chi connectivity index (χ2v) is 7.91. The molecular weight excluding hydrogens is 377 g/mol. The van der Waals surface area contributed by atoms with Gasteiger partial charge in [-0.1, -0.05) is 37.3 Å². The summed E-state index contributed by atoms with van der Waals surface area (Å²) in [5, 5.41) is 14.5. The number of hydrogen-bond acceptors (Lipinski definition) is 3. The maximum Gasteiger partial charge on any atom is 0.123 e. The third-order valence-electron chi connectivity index (χ3n) is 5.76. The van der Waals surface area contributed by atoms with Crippen LogP contribution < -0.4 is 0 Å². The van der Waals surface area contributed by atoms with Crippen LogP contribution in [0.2, 0.25) is 0 Å². The second-order valence-electron chi connectivity index (χ2n) is 7.91. The molecule has 4 rings (SSSR count). The molecule has 1 aliphatic rings. The van der Waals surface area contributed by atoms with Crippen LogP contribution in [0.15, 0.2) is 66.4 Å². The molecule has 0 amide bonds. The predicted molar refractivity (Wildman–Crippen MR) is 114 cm³/mol. The van der Waals surface area contributed by atoms with Crippen molar-refractivity contribution in [2.45, 2.75) is 32.8 Å². The van der Waals surface area contributed by atoms with E-state index in [-0.39, 0.29) is 17.3 Å². The van der Waals surface area contributed by atoms with Crippen LogP contribution in [0.5, 0.6) is 0 Å². The quantitative estimate of drug-likeness (QED) is 0.536. The minimum absolute atomic E-state index is 0.0911. The highest BCUT2D eigenvalue weighted by Gasteiger charge is 2.38. The first-order chi connectivity index (χ1) is 14.5. The van der Waals surface area contributed by atoms with E-state index >= 15 is 0 Å². The molecule has 1 aromatic heterocycles. The first kappa shape index (κ1) is 20.1. The van der Waals surface area contributed by atoms with E-state index in [1.165, 1.54) is 12.1 Å². The van der Waals surface area contributed by atoms with Gasteiger partial charge in [0.05, 0.1) is 29.8 Å². The Bertz CT molecular complexity index is 1100. The van der Waals surface area contributed by atoms with E-state index in [0.29, 0.717) is 25.0 Å². The molecule has 30 heavy (non-hydrogen) atoms. The first-order valence-corrected chi connectivity index (χ1v) is 10.2. The average molecular weight is 401 g/mol. The first-order valence-electron chi connectivity index (χ1n) is 10.2. The fourth-order valence-electron chi connectivity index (χ4n) is 4.20. The summed E-state index contributed by atoms with van der Waals surface area (Å²) in [6.45, 7) is 4.72. The van der Waals surface area contributed by atoms with Crippen molar-refractivity contribution >= 4 is 6.08 Å². The Morgan fingerprint density at radius 2 is 1.93 bits per heavy atom. The topological polar surface area (TPSA) is 50.8 Å². The standard InChI is InChI=1S/C25H24FN3O/c1-3-30-24(18-7-5-4-6-8-18)15-25(2)14-19-17-28-29(23(19)13-20(25)16-27)22-11-9-21(26)10-12-22/h4-13,17,24H,3,14-15H2,1-2H3. The van der Waals surface area contributed by atoms with Crippen molar-refractivity contribution in [3.8, 4) is 11.8 Å². The predicted octanol–water partition coefficient (Wildman–Crippen LogP) is 5.65. The van der Waals surface area contributed by atoms with Crippen LogP contribution in [0.3, 0.4) is 0 Å². The molecule has 152 valence electrons. The summed E-state index contributed by atoms with van der Waals surface area (Å²) in [7, 11) is 0. The summed E-state index contributed by atoms with van der Waals surface area (Å²) in [5.41, 5.74) is 4.18. The molecule has 0 saturated carbocycles. The van der Waals surface area contributed by atoms with Crippen molar-refractivity contribution in [3.05, 3.63) is 89.0 Å². The zero-order chi connectivity index (χ0) is 21.1. The monoisotopic (exact) mass is 401 g/mol. The Labute approximate surface area is 176 Å². The summed E-state index contributed by atoms with van der Waals surface area (Å²) in [5.74, 6) is -0.288. The lowest BCUT2D eigenvalue weighted by atomic mass is 9.69. The van der Waals surface area contributed by atoms with Crippen molar-refractivity contribution in [1.29, 1.82) is 5.26 Å². The highest BCUT2D eigenvalue weighted by atomic mass is 19.1. The molecule has 0 fully saturated rings. The lowest BCUT2D eigenvalue weighted by Gasteiger charge is -2.35. The molecule has 1 heterocycles. The molecule has 3 aromatic rings. The van der Waals surface area contributed by atoms with Crippen LogP contribution in [-0.2, 0) is 11.2 Å². The molecule has 0 aliphatic heterocycles. The molecule has 0 radical (unpaired) electrons. The van der Waals surface area contributed by atoms with Gasteiger partial charge in [-0.2, -0.15) is 10.4 Å². The summed E-state index contributed by atoms with van der Waals surface area (Å²) in [6.07, 6.45) is 5.07. The van der Waals surface area contributed by atoms with Crippen molar-refractivity contribution in [1.82, 2.24) is 9.78 Å². The van der Waals surface area contributed by atoms with E-state index in [0.717, 1.165) is 22.5 Å². The van der Waals surface area contributed by atoms with E-state index in [1.54, 1.807) is 16.8 Å². The van der Waals surface area contributed by atoms with Gasteiger partial charge in [0.15, 0.2) is 0 Å². The Morgan fingerprint density at radius 1 is 1.20 bits per heavy atom. The fourth-order valence-corrected chi connectivity index (χ4v) is 4.20. The van der Waals surface area contributed by atoms with E-state index in [9.17, 15) is 9.65 Å². The Balaban J connectivity index is 1.69. The molecule has 2 atom stereocenters. The van der Waals surface area contributed by atoms with Gasteiger partial charge in [0, 0.05) is 17.6 Å².